The van der Waals surface area contributed by atoms with E-state index in [1.807, 2.05) is 13.8 Å². The third kappa shape index (κ3) is 4.30. The Hall–Kier alpha value is -3.09. The lowest BCUT2D eigenvalue weighted by Gasteiger charge is -2.19. The lowest BCUT2D eigenvalue weighted by Crippen LogP contribution is -2.28. The minimum absolute atomic E-state index is 0.164. The molecule has 0 saturated carbocycles. The van der Waals surface area contributed by atoms with Gasteiger partial charge in [0.25, 0.3) is 11.8 Å². The molecule has 0 unspecified atom stereocenters. The Labute approximate surface area is 151 Å². The molecular formula is C19H21N3O4. The molecule has 0 radical (unpaired) electrons. The number of hydrogen-bond acceptors (Lipinski definition) is 5. The van der Waals surface area contributed by atoms with Crippen molar-refractivity contribution in [1.82, 2.24) is 10.3 Å². The highest BCUT2D eigenvalue weighted by atomic mass is 16.6. The molecule has 0 saturated heterocycles. The monoisotopic (exact) mass is 355 g/mol. The molecule has 1 aromatic carbocycles. The van der Waals surface area contributed by atoms with Gasteiger partial charge in [-0.25, -0.2) is 4.98 Å². The van der Waals surface area contributed by atoms with Gasteiger partial charge >= 0.3 is 0 Å². The van der Waals surface area contributed by atoms with Gasteiger partial charge in [0.2, 0.25) is 0 Å². The molecule has 1 aliphatic heterocycles. The molecule has 0 spiro atoms. The topological polar surface area (TPSA) is 89.6 Å². The molecule has 3 rings (SSSR count). The number of carbonyl (C=O) groups excluding carboxylic acids is 2. The molecule has 0 atom stereocenters. The summed E-state index contributed by atoms with van der Waals surface area (Å²) in [5.74, 6) is 0.869. The Morgan fingerprint density at radius 3 is 2.46 bits per heavy atom. The molecule has 0 bridgehead atoms. The molecule has 2 heterocycles. The van der Waals surface area contributed by atoms with Crippen LogP contribution in [-0.2, 0) is 0 Å². The van der Waals surface area contributed by atoms with Crippen LogP contribution < -0.4 is 20.1 Å². The molecule has 2 aromatic rings. The molecule has 2 N–H and O–H groups in total. The fourth-order valence-electron chi connectivity index (χ4n) is 2.39. The number of aromatic nitrogens is 1. The zero-order valence-corrected chi connectivity index (χ0v) is 14.7. The van der Waals surface area contributed by atoms with E-state index in [1.165, 1.54) is 0 Å². The molecule has 0 aliphatic carbocycles. The average Bonchev–Trinajstić information content (AvgIpc) is 2.66. The van der Waals surface area contributed by atoms with E-state index in [9.17, 15) is 9.59 Å². The summed E-state index contributed by atoms with van der Waals surface area (Å²) < 4.78 is 11.0. The Bertz CT molecular complexity index is 820. The normalized spacial score (nSPS) is 12.6. The van der Waals surface area contributed by atoms with Crippen molar-refractivity contribution < 1.29 is 19.1 Å². The Balaban J connectivity index is 1.70. The van der Waals surface area contributed by atoms with Crippen LogP contribution in [0.1, 0.15) is 34.8 Å². The summed E-state index contributed by atoms with van der Waals surface area (Å²) in [6.45, 7) is 5.54. The van der Waals surface area contributed by atoms with Gasteiger partial charge in [-0.2, -0.15) is 0 Å². The molecule has 26 heavy (non-hydrogen) atoms. The largest absolute Gasteiger partial charge is 0.486 e. The van der Waals surface area contributed by atoms with Gasteiger partial charge in [-0.1, -0.05) is 19.9 Å². The number of hydrogen-bond donors (Lipinski definition) is 2. The molecule has 0 fully saturated rings. The van der Waals surface area contributed by atoms with Crippen molar-refractivity contribution >= 4 is 17.5 Å². The summed E-state index contributed by atoms with van der Waals surface area (Å²) in [6, 6.07) is 9.95. The fourth-order valence-corrected chi connectivity index (χ4v) is 2.39. The van der Waals surface area contributed by atoms with Crippen LogP contribution in [0, 0.1) is 5.92 Å². The Morgan fingerprint density at radius 2 is 1.73 bits per heavy atom. The summed E-state index contributed by atoms with van der Waals surface area (Å²) in [4.78, 5) is 28.7. The SMILES string of the molecule is CC(C)CNC(=O)c1cccc(C(=O)Nc2ccc3c(c2)OCCO3)n1. The summed E-state index contributed by atoms with van der Waals surface area (Å²) in [5, 5.41) is 5.54. The van der Waals surface area contributed by atoms with Crippen molar-refractivity contribution in [3.8, 4) is 11.5 Å². The van der Waals surface area contributed by atoms with Gasteiger partial charge in [0.05, 0.1) is 0 Å². The summed E-state index contributed by atoms with van der Waals surface area (Å²) >= 11 is 0. The number of rotatable bonds is 5. The van der Waals surface area contributed by atoms with E-state index < -0.39 is 5.91 Å². The maximum absolute atomic E-state index is 12.4. The van der Waals surface area contributed by atoms with Gasteiger partial charge in [0.15, 0.2) is 11.5 Å². The Kier molecular flexibility index (Phi) is 5.36. The Morgan fingerprint density at radius 1 is 1.04 bits per heavy atom. The van der Waals surface area contributed by atoms with Gasteiger partial charge in [0.1, 0.15) is 24.6 Å². The first-order chi connectivity index (χ1) is 12.5. The number of pyridine rings is 1. The first-order valence-electron chi connectivity index (χ1n) is 8.49. The van der Waals surface area contributed by atoms with Crippen molar-refractivity contribution in [2.75, 3.05) is 25.1 Å². The number of amides is 2. The fraction of sp³-hybridized carbons (Fsp3) is 0.316. The zero-order valence-electron chi connectivity index (χ0n) is 14.7. The maximum atomic E-state index is 12.4. The van der Waals surface area contributed by atoms with Crippen LogP contribution in [0.2, 0.25) is 0 Å². The van der Waals surface area contributed by atoms with Crippen molar-refractivity contribution in [2.24, 2.45) is 5.92 Å². The summed E-state index contributed by atoms with van der Waals surface area (Å²) in [7, 11) is 0. The minimum Gasteiger partial charge on any atom is -0.486 e. The predicted octanol–water partition coefficient (Wildman–Crippen LogP) is 2.49. The van der Waals surface area contributed by atoms with E-state index in [1.54, 1.807) is 36.4 Å². The standard InChI is InChI=1S/C19H21N3O4/c1-12(2)11-20-18(23)14-4-3-5-15(22-14)19(24)21-13-6-7-16-17(10-13)26-9-8-25-16/h3-7,10,12H,8-9,11H2,1-2H3,(H,20,23)(H,21,24). The first-order valence-corrected chi connectivity index (χ1v) is 8.49. The highest BCUT2D eigenvalue weighted by Gasteiger charge is 2.15. The molecule has 7 nitrogen and oxygen atoms in total. The van der Waals surface area contributed by atoms with Crippen LogP contribution in [0.15, 0.2) is 36.4 Å². The van der Waals surface area contributed by atoms with E-state index in [-0.39, 0.29) is 17.3 Å². The van der Waals surface area contributed by atoms with Crippen molar-refractivity contribution in [3.63, 3.8) is 0 Å². The second-order valence-corrected chi connectivity index (χ2v) is 6.32. The highest BCUT2D eigenvalue weighted by Crippen LogP contribution is 2.32. The number of benzene rings is 1. The van der Waals surface area contributed by atoms with Crippen molar-refractivity contribution in [3.05, 3.63) is 47.8 Å². The average molecular weight is 355 g/mol. The molecule has 1 aromatic heterocycles. The summed E-state index contributed by atoms with van der Waals surface area (Å²) in [5.41, 5.74) is 0.938. The smallest absolute Gasteiger partial charge is 0.274 e. The van der Waals surface area contributed by atoms with Crippen LogP contribution >= 0.6 is 0 Å². The minimum atomic E-state index is -0.403. The lowest BCUT2D eigenvalue weighted by molar-refractivity contribution is 0.0944. The quantitative estimate of drug-likeness (QED) is 0.860. The van der Waals surface area contributed by atoms with Crippen molar-refractivity contribution in [2.45, 2.75) is 13.8 Å². The van der Waals surface area contributed by atoms with Gasteiger partial charge in [0, 0.05) is 18.3 Å². The first kappa shape index (κ1) is 17.7. The molecule has 2 amide bonds. The van der Waals surface area contributed by atoms with Crippen LogP contribution in [0.3, 0.4) is 0 Å². The number of nitrogens with one attached hydrogen (secondary N) is 2. The number of anilines is 1. The third-order valence-corrected chi connectivity index (χ3v) is 3.69. The van der Waals surface area contributed by atoms with E-state index in [0.717, 1.165) is 0 Å². The molecular weight excluding hydrogens is 334 g/mol. The highest BCUT2D eigenvalue weighted by molar-refractivity contribution is 6.04. The third-order valence-electron chi connectivity index (χ3n) is 3.69. The number of ether oxygens (including phenoxy) is 2. The maximum Gasteiger partial charge on any atom is 0.274 e. The number of fused-ring (bicyclic) bond motifs is 1. The second-order valence-electron chi connectivity index (χ2n) is 6.32. The number of nitrogens with zero attached hydrogens (tertiary/aromatic N) is 1. The van der Waals surface area contributed by atoms with Crippen molar-refractivity contribution in [1.29, 1.82) is 0 Å². The zero-order chi connectivity index (χ0) is 18.5. The summed E-state index contributed by atoms with van der Waals surface area (Å²) in [6.07, 6.45) is 0. The van der Waals surface area contributed by atoms with E-state index in [4.69, 9.17) is 9.47 Å². The van der Waals surface area contributed by atoms with Gasteiger partial charge < -0.3 is 20.1 Å². The molecule has 1 aliphatic rings. The van der Waals surface area contributed by atoms with E-state index in [2.05, 4.69) is 15.6 Å². The van der Waals surface area contributed by atoms with E-state index >= 15 is 0 Å². The predicted molar refractivity (Wildman–Crippen MR) is 96.8 cm³/mol. The van der Waals surface area contributed by atoms with Crippen LogP contribution in [0.25, 0.3) is 0 Å². The van der Waals surface area contributed by atoms with Crippen LogP contribution in [0.4, 0.5) is 5.69 Å². The van der Waals surface area contributed by atoms with Crippen LogP contribution in [-0.4, -0.2) is 36.6 Å². The number of carbonyl (C=O) groups is 2. The second kappa shape index (κ2) is 7.86. The van der Waals surface area contributed by atoms with Gasteiger partial charge in [-0.05, 0) is 30.2 Å². The van der Waals surface area contributed by atoms with Crippen LogP contribution in [0.5, 0.6) is 11.5 Å². The van der Waals surface area contributed by atoms with Gasteiger partial charge in [-0.15, -0.1) is 0 Å². The molecule has 7 heteroatoms. The molecule has 136 valence electrons. The lowest BCUT2D eigenvalue weighted by atomic mass is 10.2. The van der Waals surface area contributed by atoms with E-state index in [0.29, 0.717) is 42.9 Å². The van der Waals surface area contributed by atoms with Gasteiger partial charge in [-0.3, -0.25) is 9.59 Å².